The van der Waals surface area contributed by atoms with Gasteiger partial charge in [-0.1, -0.05) is 87.7 Å². The van der Waals surface area contributed by atoms with Gasteiger partial charge >= 0.3 is 0 Å². The minimum Gasteiger partial charge on any atom is -0.303 e. The summed E-state index contributed by atoms with van der Waals surface area (Å²) in [6.45, 7) is 13.1. The van der Waals surface area contributed by atoms with Gasteiger partial charge in [0.15, 0.2) is 0 Å². The molecule has 2 aromatic carbocycles. The molecule has 0 aliphatic carbocycles. The van der Waals surface area contributed by atoms with Crippen LogP contribution in [-0.2, 0) is 11.8 Å². The SMILES string of the molecule is CCCC(CN1CCCCC1)C(C)(c1cccc(C)c1)c1cccc(CC)c1. The molecule has 1 aliphatic heterocycles. The van der Waals surface area contributed by atoms with Crippen molar-refractivity contribution in [1.29, 1.82) is 0 Å². The van der Waals surface area contributed by atoms with E-state index < -0.39 is 0 Å². The molecule has 0 aromatic heterocycles. The Morgan fingerprint density at radius 3 is 2.25 bits per heavy atom. The Labute approximate surface area is 173 Å². The number of nitrogens with zero attached hydrogens (tertiary/aromatic N) is 1. The van der Waals surface area contributed by atoms with Crippen molar-refractivity contribution in [2.75, 3.05) is 19.6 Å². The summed E-state index contributed by atoms with van der Waals surface area (Å²) in [7, 11) is 0. The lowest BCUT2D eigenvalue weighted by molar-refractivity contribution is 0.158. The Bertz CT molecular complexity index is 743. The second-order valence-corrected chi connectivity index (χ2v) is 8.97. The van der Waals surface area contributed by atoms with Crippen LogP contribution < -0.4 is 0 Å². The first kappa shape index (κ1) is 21.1. The summed E-state index contributed by atoms with van der Waals surface area (Å²) in [6, 6.07) is 18.7. The lowest BCUT2D eigenvalue weighted by atomic mass is 9.65. The maximum absolute atomic E-state index is 2.74. The quantitative estimate of drug-likeness (QED) is 0.491. The highest BCUT2D eigenvalue weighted by Crippen LogP contribution is 2.42. The average molecular weight is 378 g/mol. The smallest absolute Gasteiger partial charge is 0.0215 e. The molecular formula is C27H39N. The van der Waals surface area contributed by atoms with Gasteiger partial charge in [0.05, 0.1) is 0 Å². The fourth-order valence-electron chi connectivity index (χ4n) is 5.09. The average Bonchev–Trinajstić information content (AvgIpc) is 2.73. The molecule has 3 rings (SSSR count). The predicted octanol–water partition coefficient (Wildman–Crippen LogP) is 6.77. The van der Waals surface area contributed by atoms with E-state index in [-0.39, 0.29) is 5.41 Å². The molecule has 1 fully saturated rings. The van der Waals surface area contributed by atoms with Crippen LogP contribution in [0.4, 0.5) is 0 Å². The van der Waals surface area contributed by atoms with Crippen molar-refractivity contribution in [1.82, 2.24) is 4.90 Å². The van der Waals surface area contributed by atoms with Crippen molar-refractivity contribution in [3.05, 3.63) is 70.8 Å². The van der Waals surface area contributed by atoms with Crippen LogP contribution in [0.25, 0.3) is 0 Å². The van der Waals surface area contributed by atoms with E-state index in [0.717, 1.165) is 6.42 Å². The van der Waals surface area contributed by atoms with E-state index in [0.29, 0.717) is 5.92 Å². The third-order valence-corrected chi connectivity index (χ3v) is 6.93. The Balaban J connectivity index is 2.06. The summed E-state index contributed by atoms with van der Waals surface area (Å²) in [5.74, 6) is 0.629. The van der Waals surface area contributed by atoms with Crippen LogP contribution in [0, 0.1) is 12.8 Å². The van der Waals surface area contributed by atoms with Crippen molar-refractivity contribution in [2.24, 2.45) is 5.92 Å². The minimum atomic E-state index is 0.0463. The summed E-state index contributed by atoms with van der Waals surface area (Å²) in [6.07, 6.45) is 7.76. The van der Waals surface area contributed by atoms with Gasteiger partial charge < -0.3 is 4.90 Å². The van der Waals surface area contributed by atoms with E-state index in [1.807, 2.05) is 0 Å². The van der Waals surface area contributed by atoms with Gasteiger partial charge in [0.2, 0.25) is 0 Å². The summed E-state index contributed by atoms with van der Waals surface area (Å²) in [5, 5.41) is 0. The zero-order chi connectivity index (χ0) is 20.0. The van der Waals surface area contributed by atoms with E-state index in [4.69, 9.17) is 0 Å². The molecule has 0 N–H and O–H groups in total. The molecule has 0 saturated carbocycles. The van der Waals surface area contributed by atoms with Crippen LogP contribution >= 0.6 is 0 Å². The van der Waals surface area contributed by atoms with Gasteiger partial charge in [0.1, 0.15) is 0 Å². The molecule has 28 heavy (non-hydrogen) atoms. The van der Waals surface area contributed by atoms with E-state index in [1.165, 1.54) is 74.0 Å². The Hall–Kier alpha value is -1.60. The number of piperidine rings is 1. The highest BCUT2D eigenvalue weighted by Gasteiger charge is 2.38. The fourth-order valence-corrected chi connectivity index (χ4v) is 5.09. The lowest BCUT2D eigenvalue weighted by Crippen LogP contribution is -2.43. The zero-order valence-electron chi connectivity index (χ0n) is 18.5. The number of rotatable bonds is 8. The van der Waals surface area contributed by atoms with Crippen molar-refractivity contribution in [3.63, 3.8) is 0 Å². The summed E-state index contributed by atoms with van der Waals surface area (Å²) < 4.78 is 0. The summed E-state index contributed by atoms with van der Waals surface area (Å²) in [5.41, 5.74) is 5.84. The van der Waals surface area contributed by atoms with Crippen LogP contribution in [0.1, 0.15) is 75.1 Å². The molecule has 1 heterocycles. The van der Waals surface area contributed by atoms with Gasteiger partial charge in [-0.05, 0) is 68.3 Å². The molecular weight excluding hydrogens is 338 g/mol. The van der Waals surface area contributed by atoms with Gasteiger partial charge in [0.25, 0.3) is 0 Å². The van der Waals surface area contributed by atoms with Crippen molar-refractivity contribution in [3.8, 4) is 0 Å². The number of likely N-dealkylation sites (tertiary alicyclic amines) is 1. The van der Waals surface area contributed by atoms with Gasteiger partial charge in [0, 0.05) is 12.0 Å². The third-order valence-electron chi connectivity index (χ3n) is 6.93. The molecule has 2 unspecified atom stereocenters. The molecule has 1 saturated heterocycles. The van der Waals surface area contributed by atoms with E-state index >= 15 is 0 Å². The standard InChI is InChI=1S/C27H39N/c1-5-12-26(21-28-17-8-7-9-18-28)27(4,24-15-10-13-22(3)19-24)25-16-11-14-23(6-2)20-25/h10-11,13-16,19-20,26H,5-9,12,17-18,21H2,1-4H3. The molecule has 1 nitrogen and oxygen atoms in total. The first-order valence-electron chi connectivity index (χ1n) is 11.5. The van der Waals surface area contributed by atoms with Crippen LogP contribution in [0.15, 0.2) is 48.5 Å². The van der Waals surface area contributed by atoms with Crippen molar-refractivity contribution >= 4 is 0 Å². The molecule has 1 heteroatoms. The van der Waals surface area contributed by atoms with Crippen LogP contribution in [-0.4, -0.2) is 24.5 Å². The second kappa shape index (κ2) is 9.74. The van der Waals surface area contributed by atoms with E-state index in [9.17, 15) is 0 Å². The summed E-state index contributed by atoms with van der Waals surface area (Å²) >= 11 is 0. The first-order valence-corrected chi connectivity index (χ1v) is 11.5. The van der Waals surface area contributed by atoms with Crippen LogP contribution in [0.3, 0.4) is 0 Å². The molecule has 2 atom stereocenters. The molecule has 152 valence electrons. The van der Waals surface area contributed by atoms with Crippen molar-refractivity contribution < 1.29 is 0 Å². The summed E-state index contributed by atoms with van der Waals surface area (Å²) in [4.78, 5) is 2.74. The van der Waals surface area contributed by atoms with Crippen LogP contribution in [0.2, 0.25) is 0 Å². The lowest BCUT2D eigenvalue weighted by Gasteiger charge is -2.43. The number of benzene rings is 2. The zero-order valence-corrected chi connectivity index (χ0v) is 18.5. The normalized spacial score (nSPS) is 18.6. The fraction of sp³-hybridized carbons (Fsp3) is 0.556. The van der Waals surface area contributed by atoms with E-state index in [2.05, 4.69) is 81.1 Å². The van der Waals surface area contributed by atoms with Crippen LogP contribution in [0.5, 0.6) is 0 Å². The van der Waals surface area contributed by atoms with E-state index in [1.54, 1.807) is 0 Å². The Morgan fingerprint density at radius 2 is 1.61 bits per heavy atom. The molecule has 2 aromatic rings. The highest BCUT2D eigenvalue weighted by molar-refractivity contribution is 5.42. The van der Waals surface area contributed by atoms with Gasteiger partial charge in [-0.15, -0.1) is 0 Å². The maximum atomic E-state index is 2.74. The molecule has 0 spiro atoms. The predicted molar refractivity (Wildman–Crippen MR) is 122 cm³/mol. The Kier molecular flexibility index (Phi) is 7.35. The molecule has 0 amide bonds. The second-order valence-electron chi connectivity index (χ2n) is 8.97. The number of hydrogen-bond acceptors (Lipinski definition) is 1. The largest absolute Gasteiger partial charge is 0.303 e. The molecule has 0 bridgehead atoms. The van der Waals surface area contributed by atoms with Crippen molar-refractivity contribution in [2.45, 2.75) is 71.6 Å². The monoisotopic (exact) mass is 377 g/mol. The number of hydrogen-bond donors (Lipinski definition) is 0. The highest BCUT2D eigenvalue weighted by atomic mass is 15.1. The maximum Gasteiger partial charge on any atom is 0.0215 e. The van der Waals surface area contributed by atoms with Gasteiger partial charge in [-0.2, -0.15) is 0 Å². The number of aryl methyl sites for hydroxylation is 2. The minimum absolute atomic E-state index is 0.0463. The van der Waals surface area contributed by atoms with Gasteiger partial charge in [-0.25, -0.2) is 0 Å². The first-order chi connectivity index (χ1) is 13.6. The topological polar surface area (TPSA) is 3.24 Å². The third kappa shape index (κ3) is 4.69. The molecule has 1 aliphatic rings. The Morgan fingerprint density at radius 1 is 0.929 bits per heavy atom. The van der Waals surface area contributed by atoms with Gasteiger partial charge in [-0.3, -0.25) is 0 Å². The molecule has 0 radical (unpaired) electrons.